The van der Waals surface area contributed by atoms with Crippen LogP contribution in [-0.4, -0.2) is 12.1 Å². The third-order valence-corrected chi connectivity index (χ3v) is 5.15. The lowest BCUT2D eigenvalue weighted by molar-refractivity contribution is -0.145. The second kappa shape index (κ2) is 13.6. The molecule has 0 aromatic heterocycles. The lowest BCUT2D eigenvalue weighted by Crippen LogP contribution is -2.24. The van der Waals surface area contributed by atoms with E-state index in [0.29, 0.717) is 0 Å². The molecule has 0 aromatic carbocycles. The van der Waals surface area contributed by atoms with E-state index in [0.717, 1.165) is 18.8 Å². The van der Waals surface area contributed by atoms with E-state index in [1.807, 2.05) is 0 Å². The van der Waals surface area contributed by atoms with Crippen molar-refractivity contribution in [2.75, 3.05) is 0 Å². The number of esters is 1. The molecule has 1 aliphatic rings. The summed E-state index contributed by atoms with van der Waals surface area (Å²) in [4.78, 5) is 11.3. The number of carbonyl (C=O) groups excluding carboxylic acids is 1. The van der Waals surface area contributed by atoms with Gasteiger partial charge in [-0.2, -0.15) is 0 Å². The molecule has 0 aromatic rings. The topological polar surface area (TPSA) is 26.3 Å². The number of rotatable bonds is 13. The second-order valence-electron chi connectivity index (χ2n) is 7.27. The van der Waals surface area contributed by atoms with E-state index >= 15 is 0 Å². The van der Waals surface area contributed by atoms with Crippen LogP contribution in [0.2, 0.25) is 0 Å². The van der Waals surface area contributed by atoms with Gasteiger partial charge in [-0.15, -0.1) is 0 Å². The molecule has 1 aliphatic carbocycles. The number of hydrogen-bond donors (Lipinski definition) is 0. The van der Waals surface area contributed by atoms with Gasteiger partial charge in [-0.05, 0) is 25.2 Å². The van der Waals surface area contributed by atoms with Crippen molar-refractivity contribution in [1.29, 1.82) is 0 Å². The molecule has 2 nitrogen and oxygen atoms in total. The van der Waals surface area contributed by atoms with Crippen molar-refractivity contribution < 1.29 is 9.53 Å². The molecule has 0 spiro atoms. The highest BCUT2D eigenvalue weighted by Gasteiger charge is 2.23. The number of hydrogen-bond acceptors (Lipinski definition) is 2. The lowest BCUT2D eigenvalue weighted by atomic mass is 9.84. The molecule has 23 heavy (non-hydrogen) atoms. The van der Waals surface area contributed by atoms with Crippen molar-refractivity contribution in [3.63, 3.8) is 0 Å². The van der Waals surface area contributed by atoms with Crippen LogP contribution in [0, 0.1) is 5.92 Å². The molecule has 0 aliphatic heterocycles. The van der Waals surface area contributed by atoms with Gasteiger partial charge in [-0.3, -0.25) is 0 Å². The molecular formula is C21H38O2. The molecule has 1 fully saturated rings. The molecule has 0 saturated heterocycles. The first-order valence-electron chi connectivity index (χ1n) is 10.1. The van der Waals surface area contributed by atoms with Crippen LogP contribution in [0.4, 0.5) is 0 Å². The van der Waals surface area contributed by atoms with Gasteiger partial charge in [0.05, 0.1) is 0 Å². The summed E-state index contributed by atoms with van der Waals surface area (Å²) < 4.78 is 5.41. The molecular weight excluding hydrogens is 284 g/mol. The fourth-order valence-electron chi connectivity index (χ4n) is 3.74. The normalized spacial score (nSPS) is 21.1. The third kappa shape index (κ3) is 10.6. The predicted molar refractivity (Wildman–Crippen MR) is 98.5 cm³/mol. The molecule has 2 heteroatoms. The van der Waals surface area contributed by atoms with Gasteiger partial charge in [-0.25, -0.2) is 4.79 Å². The summed E-state index contributed by atoms with van der Waals surface area (Å²) in [6.07, 6.45) is 21.4. The van der Waals surface area contributed by atoms with Crippen molar-refractivity contribution in [2.24, 2.45) is 5.92 Å². The molecule has 0 N–H and O–H groups in total. The summed E-state index contributed by atoms with van der Waals surface area (Å²) in [6.45, 7) is 5.75. The minimum absolute atomic E-state index is 0.141. The van der Waals surface area contributed by atoms with Gasteiger partial charge in [0.1, 0.15) is 6.10 Å². The maximum Gasteiger partial charge on any atom is 0.330 e. The van der Waals surface area contributed by atoms with Crippen molar-refractivity contribution >= 4 is 5.97 Å². The highest BCUT2D eigenvalue weighted by Crippen LogP contribution is 2.30. The molecule has 1 saturated carbocycles. The van der Waals surface area contributed by atoms with Gasteiger partial charge in [0.2, 0.25) is 0 Å². The summed E-state index contributed by atoms with van der Waals surface area (Å²) in [6, 6.07) is 0. The zero-order valence-electron chi connectivity index (χ0n) is 15.4. The monoisotopic (exact) mass is 322 g/mol. The molecule has 2 atom stereocenters. The minimum atomic E-state index is -0.255. The van der Waals surface area contributed by atoms with E-state index in [2.05, 4.69) is 13.5 Å². The standard InChI is InChI=1S/C21H38O2/c1-3-5-6-7-8-9-10-11-12-13-15-19-16-14-17-20(18-19)23-21(22)4-2/h4,19-20H,2-3,5-18H2,1H3. The highest BCUT2D eigenvalue weighted by atomic mass is 16.5. The zero-order valence-corrected chi connectivity index (χ0v) is 15.4. The minimum Gasteiger partial charge on any atom is -0.459 e. The van der Waals surface area contributed by atoms with Gasteiger partial charge < -0.3 is 4.74 Å². The Kier molecular flexibility index (Phi) is 12.0. The van der Waals surface area contributed by atoms with Crippen LogP contribution in [0.1, 0.15) is 103 Å². The van der Waals surface area contributed by atoms with Crippen LogP contribution >= 0.6 is 0 Å². The van der Waals surface area contributed by atoms with Crippen molar-refractivity contribution in [3.05, 3.63) is 12.7 Å². The maximum absolute atomic E-state index is 11.3. The first-order valence-corrected chi connectivity index (χ1v) is 10.1. The third-order valence-electron chi connectivity index (χ3n) is 5.15. The first kappa shape index (κ1) is 20.3. The molecule has 0 heterocycles. The van der Waals surface area contributed by atoms with E-state index in [1.165, 1.54) is 89.5 Å². The SMILES string of the molecule is C=CC(=O)OC1CCCC(CCCCCCCCCCCC)C1. The van der Waals surface area contributed by atoms with Crippen molar-refractivity contribution in [1.82, 2.24) is 0 Å². The van der Waals surface area contributed by atoms with E-state index in [9.17, 15) is 4.79 Å². The van der Waals surface area contributed by atoms with E-state index in [1.54, 1.807) is 0 Å². The van der Waals surface area contributed by atoms with Gasteiger partial charge in [0, 0.05) is 6.08 Å². The molecule has 0 amide bonds. The number of carbonyl (C=O) groups is 1. The number of unbranched alkanes of at least 4 members (excludes halogenated alkanes) is 9. The predicted octanol–water partition coefficient (Wildman–Crippen LogP) is 6.59. The fourth-order valence-corrected chi connectivity index (χ4v) is 3.74. The van der Waals surface area contributed by atoms with Crippen LogP contribution in [0.25, 0.3) is 0 Å². The van der Waals surface area contributed by atoms with Crippen molar-refractivity contribution in [2.45, 2.75) is 109 Å². The Balaban J connectivity index is 1.94. The Hall–Kier alpha value is -0.790. The zero-order chi connectivity index (χ0) is 16.8. The molecule has 134 valence electrons. The van der Waals surface area contributed by atoms with Gasteiger partial charge >= 0.3 is 5.97 Å². The summed E-state index contributed by atoms with van der Waals surface area (Å²) >= 11 is 0. The molecule has 0 bridgehead atoms. The molecule has 1 rings (SSSR count). The smallest absolute Gasteiger partial charge is 0.330 e. The van der Waals surface area contributed by atoms with Crippen LogP contribution in [0.15, 0.2) is 12.7 Å². The Morgan fingerprint density at radius 2 is 1.61 bits per heavy atom. The molecule has 2 unspecified atom stereocenters. The van der Waals surface area contributed by atoms with Crippen LogP contribution < -0.4 is 0 Å². The lowest BCUT2D eigenvalue weighted by Gasteiger charge is -2.28. The summed E-state index contributed by atoms with van der Waals surface area (Å²) in [7, 11) is 0. The van der Waals surface area contributed by atoms with E-state index in [-0.39, 0.29) is 12.1 Å². The highest BCUT2D eigenvalue weighted by molar-refractivity contribution is 5.81. The summed E-state index contributed by atoms with van der Waals surface area (Å²) in [5.74, 6) is 0.509. The van der Waals surface area contributed by atoms with Crippen LogP contribution in [0.5, 0.6) is 0 Å². The maximum atomic E-state index is 11.3. The quantitative estimate of drug-likeness (QED) is 0.217. The van der Waals surface area contributed by atoms with Gasteiger partial charge in [-0.1, -0.05) is 90.6 Å². The largest absolute Gasteiger partial charge is 0.459 e. The molecule has 0 radical (unpaired) electrons. The van der Waals surface area contributed by atoms with Gasteiger partial charge in [0.25, 0.3) is 0 Å². The number of ether oxygens (including phenoxy) is 1. The Labute approximate surface area is 144 Å². The second-order valence-corrected chi connectivity index (χ2v) is 7.27. The van der Waals surface area contributed by atoms with E-state index < -0.39 is 0 Å². The fraction of sp³-hybridized carbons (Fsp3) is 0.857. The Morgan fingerprint density at radius 1 is 1.00 bits per heavy atom. The average Bonchev–Trinajstić information content (AvgIpc) is 2.57. The Morgan fingerprint density at radius 3 is 2.22 bits per heavy atom. The van der Waals surface area contributed by atoms with Crippen LogP contribution in [0.3, 0.4) is 0 Å². The van der Waals surface area contributed by atoms with Gasteiger partial charge in [0.15, 0.2) is 0 Å². The first-order chi connectivity index (χ1) is 11.3. The average molecular weight is 323 g/mol. The summed E-state index contributed by atoms with van der Waals surface area (Å²) in [5.41, 5.74) is 0. The summed E-state index contributed by atoms with van der Waals surface area (Å²) in [5, 5.41) is 0. The van der Waals surface area contributed by atoms with Crippen molar-refractivity contribution in [3.8, 4) is 0 Å². The van der Waals surface area contributed by atoms with E-state index in [4.69, 9.17) is 4.74 Å². The van der Waals surface area contributed by atoms with Crippen LogP contribution in [-0.2, 0) is 9.53 Å². The Bertz CT molecular complexity index is 311.